The molecule has 0 fully saturated rings. The van der Waals surface area contributed by atoms with Crippen LogP contribution in [0.3, 0.4) is 0 Å². The summed E-state index contributed by atoms with van der Waals surface area (Å²) in [5, 5.41) is 16.7. The van der Waals surface area contributed by atoms with E-state index < -0.39 is 0 Å². The molecule has 1 aromatic carbocycles. The summed E-state index contributed by atoms with van der Waals surface area (Å²) in [6.45, 7) is 4.06. The van der Waals surface area contributed by atoms with Crippen LogP contribution in [0.1, 0.15) is 25.2 Å². The van der Waals surface area contributed by atoms with Crippen LogP contribution in [0.2, 0.25) is 0 Å². The Morgan fingerprint density at radius 3 is 2.72 bits per heavy atom. The summed E-state index contributed by atoms with van der Waals surface area (Å²) in [6.07, 6.45) is 0.629. The molecule has 1 heterocycles. The van der Waals surface area contributed by atoms with Crippen LogP contribution in [0.4, 0.5) is 4.39 Å². The number of nitrogens with zero attached hydrogens (tertiary/aromatic N) is 4. The summed E-state index contributed by atoms with van der Waals surface area (Å²) >= 11 is 0. The van der Waals surface area contributed by atoms with Crippen molar-refractivity contribution in [2.75, 3.05) is 0 Å². The molecule has 0 aliphatic rings. The highest BCUT2D eigenvalue weighted by molar-refractivity contribution is 5.37. The Labute approximate surface area is 105 Å². The molecule has 92 valence electrons. The second-order valence-electron chi connectivity index (χ2n) is 4.46. The van der Waals surface area contributed by atoms with Crippen LogP contribution in [0.25, 0.3) is 5.69 Å². The maximum absolute atomic E-state index is 13.7. The average Bonchev–Trinajstić information content (AvgIpc) is 2.72. The van der Waals surface area contributed by atoms with Crippen molar-refractivity contribution in [1.29, 1.82) is 5.26 Å². The standard InChI is InChI=1S/C13H13FN4/c1-9(2)7-13-11(8-15)16-17-18(13)12-6-4-3-5-10(12)14/h3-6,9H,7H2,1-2H3. The van der Waals surface area contributed by atoms with E-state index in [2.05, 4.69) is 10.3 Å². The summed E-state index contributed by atoms with van der Waals surface area (Å²) in [5.74, 6) is -0.0435. The normalized spacial score (nSPS) is 10.6. The molecule has 2 rings (SSSR count). The number of benzene rings is 1. The minimum absolute atomic E-state index is 0.256. The molecular formula is C13H13FN4. The van der Waals surface area contributed by atoms with E-state index in [9.17, 15) is 4.39 Å². The zero-order valence-corrected chi connectivity index (χ0v) is 10.3. The Balaban J connectivity index is 2.55. The van der Waals surface area contributed by atoms with Crippen molar-refractivity contribution in [3.8, 4) is 11.8 Å². The Bertz CT molecular complexity index is 595. The molecular weight excluding hydrogens is 231 g/mol. The zero-order valence-electron chi connectivity index (χ0n) is 10.3. The van der Waals surface area contributed by atoms with Gasteiger partial charge in [0.25, 0.3) is 0 Å². The lowest BCUT2D eigenvalue weighted by Gasteiger charge is -2.09. The lowest BCUT2D eigenvalue weighted by molar-refractivity contribution is 0.583. The summed E-state index contributed by atoms with van der Waals surface area (Å²) in [5.41, 5.74) is 1.23. The van der Waals surface area contributed by atoms with Crippen LogP contribution in [0.5, 0.6) is 0 Å². The lowest BCUT2D eigenvalue weighted by atomic mass is 10.1. The first-order valence-corrected chi connectivity index (χ1v) is 5.73. The molecule has 1 aromatic heterocycles. The number of hydrogen-bond acceptors (Lipinski definition) is 3. The highest BCUT2D eigenvalue weighted by Gasteiger charge is 2.17. The smallest absolute Gasteiger partial charge is 0.186 e. The van der Waals surface area contributed by atoms with E-state index in [1.54, 1.807) is 18.2 Å². The third kappa shape index (κ3) is 2.23. The fourth-order valence-corrected chi connectivity index (χ4v) is 1.78. The molecule has 0 saturated heterocycles. The maximum atomic E-state index is 13.7. The van der Waals surface area contributed by atoms with Gasteiger partial charge >= 0.3 is 0 Å². The van der Waals surface area contributed by atoms with E-state index in [1.165, 1.54) is 10.7 Å². The maximum Gasteiger partial charge on any atom is 0.186 e. The highest BCUT2D eigenvalue weighted by atomic mass is 19.1. The molecule has 0 radical (unpaired) electrons. The van der Waals surface area contributed by atoms with Gasteiger partial charge in [-0.25, -0.2) is 9.07 Å². The van der Waals surface area contributed by atoms with Gasteiger partial charge in [-0.3, -0.25) is 0 Å². The number of hydrogen-bond donors (Lipinski definition) is 0. The van der Waals surface area contributed by atoms with Crippen molar-refractivity contribution >= 4 is 0 Å². The van der Waals surface area contributed by atoms with E-state index >= 15 is 0 Å². The largest absolute Gasteiger partial charge is 0.213 e. The van der Waals surface area contributed by atoms with Gasteiger partial charge in [-0.15, -0.1) is 5.10 Å². The Morgan fingerprint density at radius 1 is 1.39 bits per heavy atom. The molecule has 0 atom stereocenters. The van der Waals surface area contributed by atoms with E-state index in [-0.39, 0.29) is 11.5 Å². The molecule has 0 bridgehead atoms. The predicted molar refractivity (Wildman–Crippen MR) is 64.6 cm³/mol. The van der Waals surface area contributed by atoms with E-state index in [4.69, 9.17) is 5.26 Å². The molecule has 0 saturated carbocycles. The minimum atomic E-state index is -0.378. The van der Waals surface area contributed by atoms with Gasteiger partial charge < -0.3 is 0 Å². The summed E-state index contributed by atoms with van der Waals surface area (Å²) in [7, 11) is 0. The van der Waals surface area contributed by atoms with E-state index in [0.29, 0.717) is 23.7 Å². The number of halogens is 1. The van der Waals surface area contributed by atoms with E-state index in [1.807, 2.05) is 19.9 Å². The van der Waals surface area contributed by atoms with Crippen molar-refractivity contribution in [2.24, 2.45) is 5.92 Å². The first-order valence-electron chi connectivity index (χ1n) is 5.73. The second kappa shape index (κ2) is 4.96. The third-order valence-electron chi connectivity index (χ3n) is 2.55. The van der Waals surface area contributed by atoms with Gasteiger partial charge in [0.1, 0.15) is 17.6 Å². The molecule has 0 aliphatic heterocycles. The number of para-hydroxylation sites is 1. The first kappa shape index (κ1) is 12.2. The highest BCUT2D eigenvalue weighted by Crippen LogP contribution is 2.18. The molecule has 0 amide bonds. The SMILES string of the molecule is CC(C)Cc1c(C#N)nnn1-c1ccccc1F. The average molecular weight is 244 g/mol. The van der Waals surface area contributed by atoms with Gasteiger partial charge in [0, 0.05) is 0 Å². The molecule has 18 heavy (non-hydrogen) atoms. The van der Waals surface area contributed by atoms with Crippen LogP contribution >= 0.6 is 0 Å². The zero-order chi connectivity index (χ0) is 13.1. The van der Waals surface area contributed by atoms with Crippen molar-refractivity contribution in [2.45, 2.75) is 20.3 Å². The third-order valence-corrected chi connectivity index (χ3v) is 2.55. The number of nitriles is 1. The molecule has 0 aliphatic carbocycles. The lowest BCUT2D eigenvalue weighted by Crippen LogP contribution is -2.08. The monoisotopic (exact) mass is 244 g/mol. The minimum Gasteiger partial charge on any atom is -0.213 e. The fourth-order valence-electron chi connectivity index (χ4n) is 1.78. The van der Waals surface area contributed by atoms with Crippen LogP contribution in [-0.2, 0) is 6.42 Å². The molecule has 5 heteroatoms. The van der Waals surface area contributed by atoms with Gasteiger partial charge in [0.05, 0.1) is 5.69 Å². The van der Waals surface area contributed by atoms with Gasteiger partial charge in [0.15, 0.2) is 5.69 Å². The van der Waals surface area contributed by atoms with Crippen molar-refractivity contribution in [3.63, 3.8) is 0 Å². The van der Waals surface area contributed by atoms with Crippen LogP contribution in [0, 0.1) is 23.1 Å². The molecule has 0 N–H and O–H groups in total. The molecule has 2 aromatic rings. The van der Waals surface area contributed by atoms with Crippen molar-refractivity contribution < 1.29 is 4.39 Å². The molecule has 0 unspecified atom stereocenters. The van der Waals surface area contributed by atoms with Crippen molar-refractivity contribution in [3.05, 3.63) is 41.5 Å². The number of aromatic nitrogens is 3. The summed E-state index contributed by atoms with van der Waals surface area (Å²) in [6, 6.07) is 8.32. The Kier molecular flexibility index (Phi) is 3.38. The number of rotatable bonds is 3. The van der Waals surface area contributed by atoms with Gasteiger partial charge in [-0.1, -0.05) is 31.2 Å². The summed E-state index contributed by atoms with van der Waals surface area (Å²) in [4.78, 5) is 0. The Morgan fingerprint density at radius 2 is 2.11 bits per heavy atom. The van der Waals surface area contributed by atoms with Crippen LogP contribution < -0.4 is 0 Å². The van der Waals surface area contributed by atoms with E-state index in [0.717, 1.165) is 0 Å². The Hall–Kier alpha value is -2.22. The topological polar surface area (TPSA) is 54.5 Å². The second-order valence-corrected chi connectivity index (χ2v) is 4.46. The quantitative estimate of drug-likeness (QED) is 0.833. The predicted octanol–water partition coefficient (Wildman–Crippen LogP) is 2.48. The van der Waals surface area contributed by atoms with Crippen LogP contribution in [-0.4, -0.2) is 15.0 Å². The van der Waals surface area contributed by atoms with Gasteiger partial charge in [0.2, 0.25) is 0 Å². The van der Waals surface area contributed by atoms with Gasteiger partial charge in [-0.2, -0.15) is 5.26 Å². The first-order chi connectivity index (χ1) is 8.63. The molecule has 0 spiro atoms. The van der Waals surface area contributed by atoms with Gasteiger partial charge in [-0.05, 0) is 24.5 Å². The van der Waals surface area contributed by atoms with Crippen molar-refractivity contribution in [1.82, 2.24) is 15.0 Å². The fraction of sp³-hybridized carbons (Fsp3) is 0.308. The summed E-state index contributed by atoms with van der Waals surface area (Å²) < 4.78 is 15.1. The molecule has 4 nitrogen and oxygen atoms in total. The van der Waals surface area contributed by atoms with Crippen LogP contribution in [0.15, 0.2) is 24.3 Å².